The molecular weight excluding hydrogens is 384 g/mol. The van der Waals surface area contributed by atoms with Gasteiger partial charge in [0.25, 0.3) is 5.91 Å². The number of nitrogens with zero attached hydrogens (tertiary/aromatic N) is 2. The van der Waals surface area contributed by atoms with E-state index in [1.165, 1.54) is 11.8 Å². The van der Waals surface area contributed by atoms with Crippen molar-refractivity contribution in [3.63, 3.8) is 0 Å². The number of hydrogen-bond acceptors (Lipinski definition) is 6. The molecule has 0 saturated carbocycles. The predicted octanol–water partition coefficient (Wildman–Crippen LogP) is 2.54. The Hall–Kier alpha value is -1.90. The van der Waals surface area contributed by atoms with E-state index >= 15 is 0 Å². The summed E-state index contributed by atoms with van der Waals surface area (Å²) < 4.78 is 10.9. The van der Waals surface area contributed by atoms with Gasteiger partial charge in [-0.1, -0.05) is 36.1 Å². The molecule has 0 spiro atoms. The summed E-state index contributed by atoms with van der Waals surface area (Å²) in [4.78, 5) is 28.8. The maximum atomic E-state index is 12.6. The number of ether oxygens (including phenoxy) is 2. The number of hydrogen-bond donors (Lipinski definition) is 0. The van der Waals surface area contributed by atoms with Crippen LogP contribution in [-0.2, 0) is 14.3 Å². The van der Waals surface area contributed by atoms with Crippen LogP contribution >= 0.6 is 24.0 Å². The molecule has 3 rings (SSSR count). The first-order chi connectivity index (χ1) is 13.1. The number of rotatable bonds is 6. The molecule has 27 heavy (non-hydrogen) atoms. The Kier molecular flexibility index (Phi) is 6.87. The number of methoxy groups -OCH3 is 1. The highest BCUT2D eigenvalue weighted by Gasteiger charge is 2.31. The molecule has 2 saturated heterocycles. The van der Waals surface area contributed by atoms with Gasteiger partial charge in [-0.15, -0.1) is 0 Å². The normalized spacial score (nSPS) is 19.1. The largest absolute Gasteiger partial charge is 0.497 e. The molecule has 0 aliphatic carbocycles. The third kappa shape index (κ3) is 5.09. The fraction of sp³-hybridized carbons (Fsp3) is 0.421. The number of thioether (sulfide) groups is 1. The second-order valence-corrected chi connectivity index (χ2v) is 7.88. The number of amides is 2. The lowest BCUT2D eigenvalue weighted by atomic mass is 10.2. The van der Waals surface area contributed by atoms with E-state index in [4.69, 9.17) is 21.7 Å². The Bertz CT molecular complexity index is 743. The van der Waals surface area contributed by atoms with E-state index < -0.39 is 0 Å². The lowest BCUT2D eigenvalue weighted by molar-refractivity contribution is -0.135. The fourth-order valence-corrected chi connectivity index (χ4v) is 4.21. The van der Waals surface area contributed by atoms with Crippen molar-refractivity contribution >= 4 is 46.2 Å². The van der Waals surface area contributed by atoms with Crippen molar-refractivity contribution in [3.8, 4) is 5.75 Å². The fourth-order valence-electron chi connectivity index (χ4n) is 2.90. The summed E-state index contributed by atoms with van der Waals surface area (Å²) in [6, 6.07) is 7.49. The molecule has 2 aliphatic rings. The summed E-state index contributed by atoms with van der Waals surface area (Å²) >= 11 is 6.65. The van der Waals surface area contributed by atoms with Gasteiger partial charge in [-0.2, -0.15) is 0 Å². The summed E-state index contributed by atoms with van der Waals surface area (Å²) in [5, 5.41) is 0. The van der Waals surface area contributed by atoms with Crippen LogP contribution in [0, 0.1) is 0 Å². The Balaban J connectivity index is 1.54. The Morgan fingerprint density at radius 3 is 2.67 bits per heavy atom. The average molecular weight is 407 g/mol. The molecule has 2 aliphatic heterocycles. The first-order valence-electron chi connectivity index (χ1n) is 8.83. The van der Waals surface area contributed by atoms with Gasteiger partial charge in [-0.25, -0.2) is 0 Å². The standard InChI is InChI=1S/C19H22N2O4S2/c1-24-15-6-4-14(5-7-15)13-16-18(23)21(19(26)27-16)8-2-3-17(22)20-9-11-25-12-10-20/h4-7,13H,2-3,8-12H2,1H3/b16-13+. The van der Waals surface area contributed by atoms with Gasteiger partial charge in [-0.3, -0.25) is 14.5 Å². The van der Waals surface area contributed by atoms with Crippen molar-refractivity contribution in [2.75, 3.05) is 40.0 Å². The molecule has 6 nitrogen and oxygen atoms in total. The number of morpholine rings is 1. The number of carbonyl (C=O) groups is 2. The van der Waals surface area contributed by atoms with Crippen LogP contribution in [0.25, 0.3) is 6.08 Å². The zero-order chi connectivity index (χ0) is 19.2. The van der Waals surface area contributed by atoms with E-state index in [-0.39, 0.29) is 11.8 Å². The quantitative estimate of drug-likeness (QED) is 0.535. The third-order valence-corrected chi connectivity index (χ3v) is 5.80. The number of carbonyl (C=O) groups excluding carboxylic acids is 2. The highest BCUT2D eigenvalue weighted by Crippen LogP contribution is 2.33. The third-order valence-electron chi connectivity index (χ3n) is 4.42. The summed E-state index contributed by atoms with van der Waals surface area (Å²) in [7, 11) is 1.62. The van der Waals surface area contributed by atoms with Gasteiger partial charge in [0.05, 0.1) is 25.2 Å². The van der Waals surface area contributed by atoms with Gasteiger partial charge in [-0.05, 0) is 30.2 Å². The second-order valence-electron chi connectivity index (χ2n) is 6.20. The molecule has 0 aromatic heterocycles. The highest BCUT2D eigenvalue weighted by molar-refractivity contribution is 8.26. The summed E-state index contributed by atoms with van der Waals surface area (Å²) in [6.45, 7) is 2.93. The van der Waals surface area contributed by atoms with Crippen molar-refractivity contribution < 1.29 is 19.1 Å². The second kappa shape index (κ2) is 9.34. The van der Waals surface area contributed by atoms with Crippen LogP contribution in [0.2, 0.25) is 0 Å². The van der Waals surface area contributed by atoms with Crippen LogP contribution < -0.4 is 4.74 Å². The van der Waals surface area contributed by atoms with Crippen molar-refractivity contribution in [3.05, 3.63) is 34.7 Å². The van der Waals surface area contributed by atoms with Crippen LogP contribution in [0.3, 0.4) is 0 Å². The van der Waals surface area contributed by atoms with Crippen molar-refractivity contribution in [1.82, 2.24) is 9.80 Å². The maximum Gasteiger partial charge on any atom is 0.266 e. The van der Waals surface area contributed by atoms with Crippen LogP contribution in [0.4, 0.5) is 0 Å². The molecule has 144 valence electrons. The Labute approximate surface area is 168 Å². The van der Waals surface area contributed by atoms with Crippen LogP contribution in [-0.4, -0.2) is 65.9 Å². The predicted molar refractivity (Wildman–Crippen MR) is 110 cm³/mol. The molecule has 8 heteroatoms. The molecule has 0 N–H and O–H groups in total. The number of benzene rings is 1. The van der Waals surface area contributed by atoms with Crippen LogP contribution in [0.1, 0.15) is 18.4 Å². The van der Waals surface area contributed by atoms with E-state index in [0.717, 1.165) is 11.3 Å². The summed E-state index contributed by atoms with van der Waals surface area (Å²) in [5.41, 5.74) is 0.916. The van der Waals surface area contributed by atoms with Gasteiger partial charge < -0.3 is 14.4 Å². The monoisotopic (exact) mass is 406 g/mol. The molecule has 0 bridgehead atoms. The van der Waals surface area contributed by atoms with Gasteiger partial charge >= 0.3 is 0 Å². The van der Waals surface area contributed by atoms with E-state index in [2.05, 4.69) is 0 Å². The minimum Gasteiger partial charge on any atom is -0.497 e. The van der Waals surface area contributed by atoms with Crippen molar-refractivity contribution in [2.24, 2.45) is 0 Å². The molecule has 2 heterocycles. The van der Waals surface area contributed by atoms with E-state index in [0.29, 0.717) is 54.9 Å². The van der Waals surface area contributed by atoms with E-state index in [1.54, 1.807) is 12.0 Å². The summed E-state index contributed by atoms with van der Waals surface area (Å²) in [6.07, 6.45) is 2.84. The zero-order valence-electron chi connectivity index (χ0n) is 15.2. The highest BCUT2D eigenvalue weighted by atomic mass is 32.2. The number of thiocarbonyl (C=S) groups is 1. The molecule has 2 amide bonds. The van der Waals surface area contributed by atoms with E-state index in [9.17, 15) is 9.59 Å². The SMILES string of the molecule is COc1ccc(/C=C2/SC(=S)N(CCCC(=O)N3CCOCC3)C2=O)cc1. The van der Waals surface area contributed by atoms with E-state index in [1.807, 2.05) is 35.2 Å². The van der Waals surface area contributed by atoms with Crippen LogP contribution in [0.5, 0.6) is 5.75 Å². The average Bonchev–Trinajstić information content (AvgIpc) is 2.96. The molecule has 1 aromatic rings. The minimum absolute atomic E-state index is 0.0976. The Morgan fingerprint density at radius 2 is 2.00 bits per heavy atom. The Morgan fingerprint density at radius 1 is 1.30 bits per heavy atom. The van der Waals surface area contributed by atoms with Gasteiger partial charge in [0.15, 0.2) is 0 Å². The molecule has 1 aromatic carbocycles. The smallest absolute Gasteiger partial charge is 0.266 e. The molecule has 0 unspecified atom stereocenters. The van der Waals surface area contributed by atoms with Crippen molar-refractivity contribution in [2.45, 2.75) is 12.8 Å². The molecular formula is C19H22N2O4S2. The first-order valence-corrected chi connectivity index (χ1v) is 10.1. The van der Waals surface area contributed by atoms with Crippen molar-refractivity contribution in [1.29, 1.82) is 0 Å². The molecule has 0 radical (unpaired) electrons. The first kappa shape index (κ1) is 19.9. The topological polar surface area (TPSA) is 59.1 Å². The van der Waals surface area contributed by atoms with Gasteiger partial charge in [0.1, 0.15) is 10.1 Å². The minimum atomic E-state index is -0.0976. The van der Waals surface area contributed by atoms with Gasteiger partial charge in [0, 0.05) is 26.1 Å². The van der Waals surface area contributed by atoms with Crippen LogP contribution in [0.15, 0.2) is 29.2 Å². The molecule has 2 fully saturated rings. The lowest BCUT2D eigenvalue weighted by Crippen LogP contribution is -2.41. The lowest BCUT2D eigenvalue weighted by Gasteiger charge is -2.27. The summed E-state index contributed by atoms with van der Waals surface area (Å²) in [5.74, 6) is 0.779. The maximum absolute atomic E-state index is 12.6. The van der Waals surface area contributed by atoms with Gasteiger partial charge in [0.2, 0.25) is 5.91 Å². The molecule has 0 atom stereocenters. The zero-order valence-corrected chi connectivity index (χ0v) is 16.8.